The lowest BCUT2D eigenvalue weighted by molar-refractivity contribution is -0.0191. The lowest BCUT2D eigenvalue weighted by Gasteiger charge is -2.38. The fourth-order valence-electron chi connectivity index (χ4n) is 4.45. The molecule has 2 aliphatic heterocycles. The third-order valence-electron chi connectivity index (χ3n) is 5.99. The summed E-state index contributed by atoms with van der Waals surface area (Å²) in [6.45, 7) is 0. The summed E-state index contributed by atoms with van der Waals surface area (Å²) in [5, 5.41) is 9.44. The van der Waals surface area contributed by atoms with Crippen LogP contribution >= 0.6 is 15.9 Å². The van der Waals surface area contributed by atoms with Gasteiger partial charge in [-0.2, -0.15) is 5.10 Å². The molecule has 0 fully saturated rings. The van der Waals surface area contributed by atoms with Gasteiger partial charge in [0.2, 0.25) is 6.23 Å². The average molecular weight is 473 g/mol. The molecule has 2 heterocycles. The number of hydrogen-bond donors (Lipinski definition) is 0. The molecule has 6 rings (SSSR count). The standard InChI is InChI=1S/C26H18BrFN2O/c27-20-9-12-25-22(14-20)24-15-23(19-6-5-16-3-1-2-4-18(16)13-19)29-30(24)26(31-25)17-7-10-21(28)11-8-17/h1-14,24,26H,15H2/t24-,26-/m1/s1. The summed E-state index contributed by atoms with van der Waals surface area (Å²) in [5.74, 6) is 0.580. The first kappa shape index (κ1) is 18.6. The summed E-state index contributed by atoms with van der Waals surface area (Å²) in [4.78, 5) is 0. The highest BCUT2D eigenvalue weighted by Crippen LogP contribution is 2.48. The molecule has 31 heavy (non-hydrogen) atoms. The second kappa shape index (κ2) is 7.20. The molecule has 4 aromatic carbocycles. The van der Waals surface area contributed by atoms with E-state index in [1.807, 2.05) is 17.1 Å². The zero-order valence-electron chi connectivity index (χ0n) is 16.5. The zero-order valence-corrected chi connectivity index (χ0v) is 18.1. The monoisotopic (exact) mass is 472 g/mol. The van der Waals surface area contributed by atoms with E-state index in [0.29, 0.717) is 0 Å². The van der Waals surface area contributed by atoms with E-state index in [9.17, 15) is 4.39 Å². The Balaban J connectivity index is 1.45. The summed E-state index contributed by atoms with van der Waals surface area (Å²) in [7, 11) is 0. The normalized spacial score (nSPS) is 19.5. The van der Waals surface area contributed by atoms with Crippen molar-refractivity contribution in [1.82, 2.24) is 5.01 Å². The predicted molar refractivity (Wildman–Crippen MR) is 124 cm³/mol. The Bertz CT molecular complexity index is 1340. The predicted octanol–water partition coefficient (Wildman–Crippen LogP) is 6.98. The van der Waals surface area contributed by atoms with Gasteiger partial charge in [-0.3, -0.25) is 0 Å². The topological polar surface area (TPSA) is 24.8 Å². The average Bonchev–Trinajstić information content (AvgIpc) is 3.25. The van der Waals surface area contributed by atoms with Crippen molar-refractivity contribution in [2.45, 2.75) is 18.7 Å². The molecule has 0 saturated carbocycles. The van der Waals surface area contributed by atoms with Crippen molar-refractivity contribution in [2.24, 2.45) is 5.10 Å². The van der Waals surface area contributed by atoms with Crippen LogP contribution in [0.25, 0.3) is 10.8 Å². The maximum absolute atomic E-state index is 13.5. The Kier molecular flexibility index (Phi) is 4.32. The van der Waals surface area contributed by atoms with Crippen molar-refractivity contribution in [2.75, 3.05) is 0 Å². The van der Waals surface area contributed by atoms with Gasteiger partial charge in [0.05, 0.1) is 11.8 Å². The second-order valence-corrected chi connectivity index (χ2v) is 8.83. The van der Waals surface area contributed by atoms with Crippen molar-refractivity contribution in [1.29, 1.82) is 0 Å². The molecule has 0 bridgehead atoms. The number of benzene rings is 4. The van der Waals surface area contributed by atoms with Gasteiger partial charge in [-0.1, -0.05) is 64.5 Å². The first-order valence-electron chi connectivity index (χ1n) is 10.2. The van der Waals surface area contributed by atoms with Gasteiger partial charge in [0, 0.05) is 22.0 Å². The van der Waals surface area contributed by atoms with E-state index in [2.05, 4.69) is 64.5 Å². The Hall–Kier alpha value is -3.18. The lowest BCUT2D eigenvalue weighted by atomic mass is 9.95. The molecule has 3 nitrogen and oxygen atoms in total. The molecule has 5 heteroatoms. The first-order valence-corrected chi connectivity index (χ1v) is 11.0. The quantitative estimate of drug-likeness (QED) is 0.314. The maximum atomic E-state index is 13.5. The molecule has 0 spiro atoms. The lowest BCUT2D eigenvalue weighted by Crippen LogP contribution is -2.33. The summed E-state index contributed by atoms with van der Waals surface area (Å²) in [6.07, 6.45) is 0.375. The minimum atomic E-state index is -0.405. The summed E-state index contributed by atoms with van der Waals surface area (Å²) in [6, 6.07) is 27.4. The van der Waals surface area contributed by atoms with Crippen LogP contribution in [0.3, 0.4) is 0 Å². The number of hydrazone groups is 1. The molecule has 2 atom stereocenters. The number of fused-ring (bicyclic) bond motifs is 4. The molecule has 0 aliphatic carbocycles. The highest BCUT2D eigenvalue weighted by Gasteiger charge is 2.41. The molecule has 0 unspecified atom stereocenters. The molecule has 0 saturated heterocycles. The van der Waals surface area contributed by atoms with Crippen LogP contribution in [-0.2, 0) is 0 Å². The van der Waals surface area contributed by atoms with Crippen LogP contribution in [-0.4, -0.2) is 10.7 Å². The third-order valence-corrected chi connectivity index (χ3v) is 6.48. The van der Waals surface area contributed by atoms with Crippen LogP contribution in [0.2, 0.25) is 0 Å². The Morgan fingerprint density at radius 1 is 0.903 bits per heavy atom. The second-order valence-electron chi connectivity index (χ2n) is 7.91. The van der Waals surface area contributed by atoms with Crippen LogP contribution in [0.1, 0.15) is 35.4 Å². The maximum Gasteiger partial charge on any atom is 0.213 e. The molecule has 0 radical (unpaired) electrons. The number of nitrogens with zero attached hydrogens (tertiary/aromatic N) is 2. The molecule has 2 aliphatic rings. The van der Waals surface area contributed by atoms with Crippen molar-refractivity contribution < 1.29 is 9.13 Å². The smallest absolute Gasteiger partial charge is 0.213 e. The van der Waals surface area contributed by atoms with Gasteiger partial charge in [0.15, 0.2) is 0 Å². The van der Waals surface area contributed by atoms with E-state index < -0.39 is 6.23 Å². The van der Waals surface area contributed by atoms with E-state index in [1.165, 1.54) is 22.9 Å². The van der Waals surface area contributed by atoms with Crippen molar-refractivity contribution in [3.8, 4) is 5.75 Å². The third kappa shape index (κ3) is 3.20. The summed E-state index contributed by atoms with van der Waals surface area (Å²) >= 11 is 3.59. The Morgan fingerprint density at radius 3 is 2.55 bits per heavy atom. The van der Waals surface area contributed by atoms with E-state index in [-0.39, 0.29) is 11.9 Å². The van der Waals surface area contributed by atoms with Crippen molar-refractivity contribution >= 4 is 32.4 Å². The first-order chi connectivity index (χ1) is 15.2. The van der Waals surface area contributed by atoms with Crippen molar-refractivity contribution in [3.63, 3.8) is 0 Å². The summed E-state index contributed by atoms with van der Waals surface area (Å²) < 4.78 is 20.9. The van der Waals surface area contributed by atoms with Gasteiger partial charge in [-0.05, 0) is 52.7 Å². The molecule has 0 N–H and O–H groups in total. The number of rotatable bonds is 2. The molecule has 4 aromatic rings. The van der Waals surface area contributed by atoms with Crippen LogP contribution in [0.15, 0.2) is 94.5 Å². The van der Waals surface area contributed by atoms with E-state index >= 15 is 0 Å². The molecule has 0 amide bonds. The molecule has 152 valence electrons. The molecular formula is C26H18BrFN2O. The summed E-state index contributed by atoms with van der Waals surface area (Å²) in [5.41, 5.74) is 4.12. The fraction of sp³-hybridized carbons (Fsp3) is 0.115. The molecular weight excluding hydrogens is 455 g/mol. The van der Waals surface area contributed by atoms with Gasteiger partial charge in [0.25, 0.3) is 0 Å². The number of hydrogen-bond acceptors (Lipinski definition) is 3. The highest BCUT2D eigenvalue weighted by molar-refractivity contribution is 9.10. The molecule has 0 aromatic heterocycles. The van der Waals surface area contributed by atoms with Gasteiger partial charge in [-0.15, -0.1) is 0 Å². The van der Waals surface area contributed by atoms with E-state index in [1.54, 1.807) is 12.1 Å². The van der Waals surface area contributed by atoms with Crippen molar-refractivity contribution in [3.05, 3.63) is 112 Å². The van der Waals surface area contributed by atoms with E-state index in [4.69, 9.17) is 9.84 Å². The SMILES string of the molecule is Fc1ccc([C@H]2Oc3ccc(Br)cc3[C@H]3CC(c4ccc5ccccc5c4)=NN32)cc1. The largest absolute Gasteiger partial charge is 0.464 e. The fourth-order valence-corrected chi connectivity index (χ4v) is 4.83. The van der Waals surface area contributed by atoms with Gasteiger partial charge in [0.1, 0.15) is 11.6 Å². The van der Waals surface area contributed by atoms with Crippen LogP contribution in [0, 0.1) is 5.82 Å². The zero-order chi connectivity index (χ0) is 20.9. The highest BCUT2D eigenvalue weighted by atomic mass is 79.9. The van der Waals surface area contributed by atoms with Gasteiger partial charge >= 0.3 is 0 Å². The minimum absolute atomic E-state index is 0.0535. The minimum Gasteiger partial charge on any atom is -0.464 e. The Morgan fingerprint density at radius 2 is 1.71 bits per heavy atom. The number of ether oxygens (including phenoxy) is 1. The number of halogens is 2. The Labute approximate surface area is 187 Å². The van der Waals surface area contributed by atoms with Crippen LogP contribution in [0.4, 0.5) is 4.39 Å². The van der Waals surface area contributed by atoms with Crippen LogP contribution in [0.5, 0.6) is 5.75 Å². The van der Waals surface area contributed by atoms with Gasteiger partial charge in [-0.25, -0.2) is 9.40 Å². The van der Waals surface area contributed by atoms with E-state index in [0.717, 1.165) is 39.0 Å². The van der Waals surface area contributed by atoms with Crippen LogP contribution < -0.4 is 4.74 Å². The van der Waals surface area contributed by atoms with Gasteiger partial charge < -0.3 is 4.74 Å².